The average molecular weight is 484 g/mol. The molecule has 0 aromatic heterocycles. The number of nitrogens with zero attached hydrogens (tertiary/aromatic N) is 3. The smallest absolute Gasteiger partial charge is 0.305 e. The molecular weight excluding hydrogens is 447 g/mol. The Morgan fingerprint density at radius 3 is 2.19 bits per heavy atom. The fourth-order valence-corrected chi connectivity index (χ4v) is 2.45. The highest BCUT2D eigenvalue weighted by Gasteiger charge is 2.14. The zero-order valence-corrected chi connectivity index (χ0v) is 19.4. The lowest BCUT2D eigenvalue weighted by Gasteiger charge is -2.25. The number of esters is 1. The summed E-state index contributed by atoms with van der Waals surface area (Å²) < 4.78 is 4.62. The third-order valence-electron chi connectivity index (χ3n) is 3.96. The molecule has 0 radical (unpaired) electrons. The van der Waals surface area contributed by atoms with Crippen molar-refractivity contribution in [3.8, 4) is 0 Å². The predicted octanol–water partition coefficient (Wildman–Crippen LogP) is 2.49. The molecule has 0 fully saturated rings. The number of halogens is 1. The molecule has 26 heavy (non-hydrogen) atoms. The Balaban J connectivity index is 0. The molecule has 0 saturated carbocycles. The molecule has 0 aromatic rings. The number of carbonyl (C=O) groups is 2. The Morgan fingerprint density at radius 2 is 1.65 bits per heavy atom. The van der Waals surface area contributed by atoms with Crippen molar-refractivity contribution >= 4 is 41.8 Å². The maximum Gasteiger partial charge on any atom is 0.305 e. The summed E-state index contributed by atoms with van der Waals surface area (Å²) >= 11 is 0. The molecule has 0 spiro atoms. The van der Waals surface area contributed by atoms with E-state index in [1.807, 2.05) is 37.6 Å². The van der Waals surface area contributed by atoms with Crippen molar-refractivity contribution in [2.75, 3.05) is 46.9 Å². The molecular formula is C18H37IN4O3. The zero-order chi connectivity index (χ0) is 19.1. The van der Waals surface area contributed by atoms with E-state index in [9.17, 15) is 9.59 Å². The number of amides is 1. The molecule has 0 unspecified atom stereocenters. The molecule has 0 rings (SSSR count). The number of likely N-dealkylation sites (N-methyl/N-ethyl adjacent to an activating group) is 2. The van der Waals surface area contributed by atoms with E-state index in [1.54, 1.807) is 0 Å². The number of hydrogen-bond donors (Lipinski definition) is 1. The SMILES string of the molecule is CCNC(=NCCCCCCC(=O)OC)N(C)CC(=O)N(CC)CC.I. The number of nitrogens with one attached hydrogen (secondary N) is 1. The standard InChI is InChI=1S/C18H36N4O3.HI/c1-6-19-18(21(4)15-16(23)22(7-2)8-3)20-14-12-10-9-11-13-17(24)25-5;/h6-15H2,1-5H3,(H,19,20);1H. The Bertz CT molecular complexity index is 415. The van der Waals surface area contributed by atoms with Crippen molar-refractivity contribution in [3.05, 3.63) is 0 Å². The van der Waals surface area contributed by atoms with Gasteiger partial charge in [0.1, 0.15) is 0 Å². The van der Waals surface area contributed by atoms with E-state index in [-0.39, 0.29) is 35.9 Å². The van der Waals surface area contributed by atoms with Gasteiger partial charge in [-0.05, 0) is 33.6 Å². The van der Waals surface area contributed by atoms with Crippen LogP contribution in [0.2, 0.25) is 0 Å². The van der Waals surface area contributed by atoms with Gasteiger partial charge in [0, 0.05) is 39.6 Å². The van der Waals surface area contributed by atoms with Crippen LogP contribution >= 0.6 is 24.0 Å². The number of unbranched alkanes of at least 4 members (excludes halogenated alkanes) is 3. The number of ether oxygens (including phenoxy) is 1. The minimum absolute atomic E-state index is 0. The van der Waals surface area contributed by atoms with Crippen LogP contribution < -0.4 is 5.32 Å². The van der Waals surface area contributed by atoms with Crippen molar-refractivity contribution < 1.29 is 14.3 Å². The van der Waals surface area contributed by atoms with Crippen LogP contribution in [0.3, 0.4) is 0 Å². The van der Waals surface area contributed by atoms with Gasteiger partial charge < -0.3 is 19.9 Å². The lowest BCUT2D eigenvalue weighted by atomic mass is 10.1. The number of methoxy groups -OCH3 is 1. The third kappa shape index (κ3) is 12.3. The second-order valence-corrected chi connectivity index (χ2v) is 5.90. The maximum atomic E-state index is 12.2. The van der Waals surface area contributed by atoms with Gasteiger partial charge in [0.25, 0.3) is 0 Å². The second kappa shape index (κ2) is 17.4. The van der Waals surface area contributed by atoms with Crippen molar-refractivity contribution in [1.82, 2.24) is 15.1 Å². The van der Waals surface area contributed by atoms with Crippen molar-refractivity contribution in [1.29, 1.82) is 0 Å². The molecule has 0 aromatic carbocycles. The molecule has 0 saturated heterocycles. The van der Waals surface area contributed by atoms with Gasteiger partial charge in [-0.2, -0.15) is 0 Å². The van der Waals surface area contributed by atoms with E-state index in [0.29, 0.717) is 19.5 Å². The molecule has 0 aliphatic carbocycles. The topological polar surface area (TPSA) is 74.2 Å². The van der Waals surface area contributed by atoms with Gasteiger partial charge in [-0.3, -0.25) is 14.6 Å². The first kappa shape index (κ1) is 27.2. The Hall–Kier alpha value is -1.06. The van der Waals surface area contributed by atoms with Crippen LogP contribution in [0.25, 0.3) is 0 Å². The first-order valence-corrected chi connectivity index (χ1v) is 9.34. The van der Waals surface area contributed by atoms with Gasteiger partial charge in [-0.1, -0.05) is 12.8 Å². The molecule has 0 aliphatic heterocycles. The highest BCUT2D eigenvalue weighted by atomic mass is 127. The highest BCUT2D eigenvalue weighted by molar-refractivity contribution is 14.0. The third-order valence-corrected chi connectivity index (χ3v) is 3.96. The van der Waals surface area contributed by atoms with Crippen LogP contribution in [0, 0.1) is 0 Å². The number of guanidine groups is 1. The zero-order valence-electron chi connectivity index (χ0n) is 17.0. The van der Waals surface area contributed by atoms with Crippen LogP contribution in [0.15, 0.2) is 4.99 Å². The molecule has 0 aliphatic rings. The second-order valence-electron chi connectivity index (χ2n) is 5.90. The fraction of sp³-hybridized carbons (Fsp3) is 0.833. The molecule has 0 heterocycles. The molecule has 1 N–H and O–H groups in total. The Labute approximate surface area is 175 Å². The molecule has 7 nitrogen and oxygen atoms in total. The maximum absolute atomic E-state index is 12.2. The fourth-order valence-electron chi connectivity index (χ4n) is 2.45. The summed E-state index contributed by atoms with van der Waals surface area (Å²) in [5.74, 6) is 0.727. The first-order valence-electron chi connectivity index (χ1n) is 9.34. The van der Waals surface area contributed by atoms with Gasteiger partial charge >= 0.3 is 5.97 Å². The molecule has 8 heteroatoms. The van der Waals surface area contributed by atoms with Crippen LogP contribution in [0.1, 0.15) is 52.9 Å². The van der Waals surface area contributed by atoms with Crippen molar-refractivity contribution in [3.63, 3.8) is 0 Å². The molecule has 154 valence electrons. The summed E-state index contributed by atoms with van der Waals surface area (Å²) in [6.07, 6.45) is 4.33. The Morgan fingerprint density at radius 1 is 1.04 bits per heavy atom. The van der Waals surface area contributed by atoms with E-state index in [2.05, 4.69) is 15.0 Å². The van der Waals surface area contributed by atoms with Crippen molar-refractivity contribution in [2.24, 2.45) is 4.99 Å². The number of hydrogen-bond acceptors (Lipinski definition) is 4. The predicted molar refractivity (Wildman–Crippen MR) is 117 cm³/mol. The van der Waals surface area contributed by atoms with E-state index in [4.69, 9.17) is 0 Å². The summed E-state index contributed by atoms with van der Waals surface area (Å²) in [4.78, 5) is 31.5. The van der Waals surface area contributed by atoms with Crippen LogP contribution in [0.5, 0.6) is 0 Å². The lowest BCUT2D eigenvalue weighted by Crippen LogP contribution is -2.45. The average Bonchev–Trinajstić information content (AvgIpc) is 2.60. The van der Waals surface area contributed by atoms with Crippen LogP contribution in [-0.2, 0) is 14.3 Å². The number of carbonyl (C=O) groups excluding carboxylic acids is 2. The Kier molecular flexibility index (Phi) is 18.1. The number of rotatable bonds is 12. The minimum Gasteiger partial charge on any atom is -0.469 e. The van der Waals surface area contributed by atoms with Crippen LogP contribution in [0.4, 0.5) is 0 Å². The van der Waals surface area contributed by atoms with Crippen LogP contribution in [-0.4, -0.2) is 74.5 Å². The summed E-state index contributed by atoms with van der Waals surface area (Å²) in [7, 11) is 3.31. The molecule has 1 amide bonds. The summed E-state index contributed by atoms with van der Waals surface area (Å²) in [6.45, 7) is 9.24. The van der Waals surface area contributed by atoms with E-state index >= 15 is 0 Å². The number of aliphatic imine (C=N–C) groups is 1. The van der Waals surface area contributed by atoms with E-state index in [0.717, 1.165) is 51.3 Å². The van der Waals surface area contributed by atoms with Gasteiger partial charge in [-0.25, -0.2) is 0 Å². The minimum atomic E-state index is -0.146. The first-order chi connectivity index (χ1) is 12.0. The van der Waals surface area contributed by atoms with Gasteiger partial charge in [0.15, 0.2) is 5.96 Å². The van der Waals surface area contributed by atoms with Gasteiger partial charge in [0.05, 0.1) is 13.7 Å². The quantitative estimate of drug-likeness (QED) is 0.152. The summed E-state index contributed by atoms with van der Waals surface area (Å²) in [6, 6.07) is 0. The lowest BCUT2D eigenvalue weighted by molar-refractivity contribution is -0.140. The largest absolute Gasteiger partial charge is 0.469 e. The molecule has 0 bridgehead atoms. The van der Waals surface area contributed by atoms with Gasteiger partial charge in [0.2, 0.25) is 5.91 Å². The normalized spacial score (nSPS) is 10.7. The van der Waals surface area contributed by atoms with Gasteiger partial charge in [-0.15, -0.1) is 24.0 Å². The summed E-state index contributed by atoms with van der Waals surface area (Å²) in [5.41, 5.74) is 0. The highest BCUT2D eigenvalue weighted by Crippen LogP contribution is 2.04. The van der Waals surface area contributed by atoms with E-state index < -0.39 is 0 Å². The molecule has 0 atom stereocenters. The summed E-state index contributed by atoms with van der Waals surface area (Å²) in [5, 5.41) is 3.23. The van der Waals surface area contributed by atoms with Crippen molar-refractivity contribution in [2.45, 2.75) is 52.9 Å². The monoisotopic (exact) mass is 484 g/mol. The van der Waals surface area contributed by atoms with E-state index in [1.165, 1.54) is 7.11 Å².